The highest BCUT2D eigenvalue weighted by Gasteiger charge is 2.21. The Hall–Kier alpha value is -2.32. The molecule has 0 fully saturated rings. The molecule has 0 aliphatic rings. The zero-order chi connectivity index (χ0) is 19.8. The Labute approximate surface area is 161 Å². The lowest BCUT2D eigenvalue weighted by Gasteiger charge is -2.14. The minimum atomic E-state index is -3.76. The molecule has 0 N–H and O–H groups in total. The van der Waals surface area contributed by atoms with Crippen LogP contribution >= 0.6 is 0 Å². The maximum Gasteiger partial charge on any atom is 0.269 e. The van der Waals surface area contributed by atoms with Gasteiger partial charge in [0, 0.05) is 11.6 Å². The van der Waals surface area contributed by atoms with Crippen LogP contribution in [-0.4, -0.2) is 32.0 Å². The van der Waals surface area contributed by atoms with E-state index in [9.17, 15) is 12.6 Å². The van der Waals surface area contributed by atoms with Gasteiger partial charge in [-0.05, 0) is 58.0 Å². The first-order valence-corrected chi connectivity index (χ1v) is 10.9. The van der Waals surface area contributed by atoms with Crippen molar-refractivity contribution in [2.24, 2.45) is 4.40 Å². The van der Waals surface area contributed by atoms with E-state index in [1.807, 2.05) is 20.8 Å². The fraction of sp³-hybridized carbons (Fsp3) is 0.263. The molecular formula is C19H21N3O3S2. The number of pyridine rings is 1. The molecule has 0 bridgehead atoms. The van der Waals surface area contributed by atoms with E-state index in [4.69, 9.17) is 0 Å². The Morgan fingerprint density at radius 2 is 1.74 bits per heavy atom. The minimum Gasteiger partial charge on any atom is -0.234 e. The maximum atomic E-state index is 12.9. The molecule has 0 amide bonds. The van der Waals surface area contributed by atoms with Crippen LogP contribution in [0.15, 0.2) is 64.0 Å². The van der Waals surface area contributed by atoms with Crippen molar-refractivity contribution in [3.63, 3.8) is 0 Å². The van der Waals surface area contributed by atoms with Crippen LogP contribution in [0.25, 0.3) is 11.0 Å². The molecule has 3 rings (SSSR count). The van der Waals surface area contributed by atoms with Gasteiger partial charge in [-0.25, -0.2) is 21.6 Å². The number of nitrogens with zero attached hydrogens (tertiary/aromatic N) is 3. The van der Waals surface area contributed by atoms with E-state index in [1.54, 1.807) is 55.5 Å². The van der Waals surface area contributed by atoms with Gasteiger partial charge in [-0.1, -0.05) is 18.2 Å². The van der Waals surface area contributed by atoms with Crippen LogP contribution in [-0.2, 0) is 21.0 Å². The number of aromatic nitrogens is 2. The molecule has 3 aromatic rings. The predicted octanol–water partition coefficient (Wildman–Crippen LogP) is 3.54. The van der Waals surface area contributed by atoms with E-state index in [1.165, 1.54) is 6.20 Å². The third kappa shape index (κ3) is 3.86. The van der Waals surface area contributed by atoms with Gasteiger partial charge in [0.15, 0.2) is 5.65 Å². The van der Waals surface area contributed by atoms with Crippen molar-refractivity contribution in [3.05, 3.63) is 60.4 Å². The molecular weight excluding hydrogens is 382 g/mol. The smallest absolute Gasteiger partial charge is 0.234 e. The maximum absolute atomic E-state index is 12.9. The largest absolute Gasteiger partial charge is 0.269 e. The summed E-state index contributed by atoms with van der Waals surface area (Å²) in [7, 11) is -5.18. The Balaban J connectivity index is 2.10. The first-order valence-electron chi connectivity index (χ1n) is 8.37. The van der Waals surface area contributed by atoms with Crippen molar-refractivity contribution < 1.29 is 12.6 Å². The quantitative estimate of drug-likeness (QED) is 0.624. The van der Waals surface area contributed by atoms with Crippen LogP contribution in [0.4, 0.5) is 0 Å². The summed E-state index contributed by atoms with van der Waals surface area (Å²) in [4.78, 5) is 4.67. The molecule has 0 aliphatic carbocycles. The van der Waals surface area contributed by atoms with Crippen LogP contribution < -0.4 is 0 Å². The summed E-state index contributed by atoms with van der Waals surface area (Å²) in [5, 5.41) is 0.697. The zero-order valence-electron chi connectivity index (χ0n) is 15.6. The molecule has 27 heavy (non-hydrogen) atoms. The molecule has 0 spiro atoms. The van der Waals surface area contributed by atoms with Crippen molar-refractivity contribution in [3.8, 4) is 0 Å². The van der Waals surface area contributed by atoms with Crippen LogP contribution in [0.2, 0.25) is 0 Å². The highest BCUT2D eigenvalue weighted by molar-refractivity contribution is 7.90. The molecule has 1 aromatic carbocycles. The second kappa shape index (κ2) is 7.01. The molecule has 2 aromatic heterocycles. The molecule has 0 unspecified atom stereocenters. The standard InChI is InChI=1S/C19H21N3O3S2/c1-14(21-26(23)19(2,3)4)17-11-10-15-12-13-22(18(15)20-17)27(24,25)16-8-6-5-7-9-16/h5-13H,1-4H3/t26-/m0/s1. The van der Waals surface area contributed by atoms with Crippen LogP contribution in [0.1, 0.15) is 33.4 Å². The van der Waals surface area contributed by atoms with E-state index >= 15 is 0 Å². The van der Waals surface area contributed by atoms with Crippen LogP contribution in [0.3, 0.4) is 0 Å². The van der Waals surface area contributed by atoms with Crippen molar-refractivity contribution >= 4 is 37.8 Å². The Morgan fingerprint density at radius 3 is 2.37 bits per heavy atom. The molecule has 6 nitrogen and oxygen atoms in total. The van der Waals surface area contributed by atoms with Crippen molar-refractivity contribution in [1.29, 1.82) is 0 Å². The van der Waals surface area contributed by atoms with Crippen molar-refractivity contribution in [2.75, 3.05) is 0 Å². The van der Waals surface area contributed by atoms with E-state index in [-0.39, 0.29) is 4.90 Å². The summed E-state index contributed by atoms with van der Waals surface area (Å²) in [6.07, 6.45) is 1.49. The van der Waals surface area contributed by atoms with Crippen LogP contribution in [0.5, 0.6) is 0 Å². The van der Waals surface area contributed by atoms with Gasteiger partial charge in [-0.3, -0.25) is 0 Å². The monoisotopic (exact) mass is 403 g/mol. The Morgan fingerprint density at radius 1 is 1.07 bits per heavy atom. The van der Waals surface area contributed by atoms with Gasteiger partial charge in [-0.15, -0.1) is 0 Å². The number of benzene rings is 1. The average molecular weight is 404 g/mol. The third-order valence-electron chi connectivity index (χ3n) is 3.92. The second-order valence-corrected chi connectivity index (χ2v) is 10.8. The summed E-state index contributed by atoms with van der Waals surface area (Å²) >= 11 is 0. The van der Waals surface area contributed by atoms with Crippen molar-refractivity contribution in [2.45, 2.75) is 37.3 Å². The third-order valence-corrected chi connectivity index (χ3v) is 7.09. The molecule has 0 saturated heterocycles. The first kappa shape index (κ1) is 19.4. The summed E-state index contributed by atoms with van der Waals surface area (Å²) in [5.41, 5.74) is 1.30. The molecule has 0 saturated carbocycles. The van der Waals surface area contributed by atoms with E-state index < -0.39 is 25.8 Å². The predicted molar refractivity (Wildman–Crippen MR) is 109 cm³/mol. The number of fused-ring (bicyclic) bond motifs is 1. The van der Waals surface area contributed by atoms with Gasteiger partial charge in [-0.2, -0.15) is 4.40 Å². The normalized spacial score (nSPS) is 14.4. The zero-order valence-corrected chi connectivity index (χ0v) is 17.2. The first-order chi connectivity index (χ1) is 12.6. The molecule has 0 radical (unpaired) electrons. The molecule has 142 valence electrons. The van der Waals surface area contributed by atoms with Gasteiger partial charge in [0.1, 0.15) is 11.0 Å². The number of rotatable bonds is 4. The molecule has 2 heterocycles. The van der Waals surface area contributed by atoms with E-state index in [0.29, 0.717) is 22.4 Å². The highest BCUT2D eigenvalue weighted by Crippen LogP contribution is 2.22. The highest BCUT2D eigenvalue weighted by atomic mass is 32.2. The minimum absolute atomic E-state index is 0.189. The van der Waals surface area contributed by atoms with Gasteiger partial charge in [0.2, 0.25) is 0 Å². The lowest BCUT2D eigenvalue weighted by molar-refractivity contribution is 0.588. The average Bonchev–Trinajstić information content (AvgIpc) is 3.05. The summed E-state index contributed by atoms with van der Waals surface area (Å²) < 4.78 is 43.1. The van der Waals surface area contributed by atoms with Gasteiger partial charge in [0.25, 0.3) is 10.0 Å². The number of hydrogen-bond acceptors (Lipinski definition) is 4. The van der Waals surface area contributed by atoms with Crippen molar-refractivity contribution in [1.82, 2.24) is 8.96 Å². The topological polar surface area (TPSA) is 81.4 Å². The second-order valence-electron chi connectivity index (χ2n) is 7.08. The van der Waals surface area contributed by atoms with E-state index in [0.717, 1.165) is 3.97 Å². The number of hydrogen-bond donors (Lipinski definition) is 0. The van der Waals surface area contributed by atoms with E-state index in [2.05, 4.69) is 9.38 Å². The van der Waals surface area contributed by atoms with Gasteiger partial charge < -0.3 is 0 Å². The summed E-state index contributed by atoms with van der Waals surface area (Å²) in [6, 6.07) is 13.4. The summed E-state index contributed by atoms with van der Waals surface area (Å²) in [5.74, 6) is 0. The van der Waals surface area contributed by atoms with Crippen LogP contribution in [0, 0.1) is 0 Å². The van der Waals surface area contributed by atoms with Gasteiger partial charge in [0.05, 0.1) is 21.0 Å². The Bertz CT molecular complexity index is 1140. The SMILES string of the molecule is CC(=N[S@@](=O)C(C)(C)C)c1ccc2ccn(S(=O)(=O)c3ccccc3)c2n1. The van der Waals surface area contributed by atoms with Gasteiger partial charge >= 0.3 is 0 Å². The molecule has 1 atom stereocenters. The fourth-order valence-corrected chi connectivity index (χ4v) is 4.33. The molecule has 8 heteroatoms. The molecule has 0 aliphatic heterocycles. The Kier molecular flexibility index (Phi) is 5.05. The summed E-state index contributed by atoms with van der Waals surface area (Å²) in [6.45, 7) is 7.24. The fourth-order valence-electron chi connectivity index (χ4n) is 2.39. The lowest BCUT2D eigenvalue weighted by atomic mass is 10.2. The lowest BCUT2D eigenvalue weighted by Crippen LogP contribution is -2.21.